The van der Waals surface area contributed by atoms with Gasteiger partial charge in [-0.25, -0.2) is 0 Å². The summed E-state index contributed by atoms with van der Waals surface area (Å²) in [6, 6.07) is 15.6. The summed E-state index contributed by atoms with van der Waals surface area (Å²) in [5.41, 5.74) is 15.0. The number of nitrogens with two attached hydrogens (primary N) is 2. The standard InChI is InChI=1S/C14H14N2.C7H14/c15-13-9-8-12(14(16)10-13)7-6-11-4-2-1-3-5-11;1-7-5-3-2-4-6-7/h1-10H,15-16H2;7H,2-6H2,1H3. The van der Waals surface area contributed by atoms with Crippen LogP contribution in [0.1, 0.15) is 50.2 Å². The first-order valence-electron chi connectivity index (χ1n) is 8.53. The van der Waals surface area contributed by atoms with Crippen LogP contribution in [0.25, 0.3) is 12.2 Å². The van der Waals surface area contributed by atoms with Crippen molar-refractivity contribution in [2.45, 2.75) is 39.0 Å². The van der Waals surface area contributed by atoms with Gasteiger partial charge in [-0.1, -0.05) is 87.6 Å². The quantitative estimate of drug-likeness (QED) is 0.560. The fraction of sp³-hybridized carbons (Fsp3) is 0.333. The van der Waals surface area contributed by atoms with Crippen molar-refractivity contribution < 1.29 is 0 Å². The highest BCUT2D eigenvalue weighted by atomic mass is 14.6. The van der Waals surface area contributed by atoms with E-state index in [1.54, 1.807) is 6.07 Å². The summed E-state index contributed by atoms with van der Waals surface area (Å²) in [5, 5.41) is 0. The molecule has 0 bridgehead atoms. The van der Waals surface area contributed by atoms with Crippen molar-refractivity contribution in [3.05, 3.63) is 59.7 Å². The highest BCUT2D eigenvalue weighted by Gasteiger charge is 2.05. The Bertz CT molecular complexity index is 611. The SMILES string of the molecule is CC1CCCCC1.Nc1ccc(C=Cc2ccccc2)c(N)c1. The van der Waals surface area contributed by atoms with Gasteiger partial charge in [0.15, 0.2) is 0 Å². The van der Waals surface area contributed by atoms with Gasteiger partial charge in [0.25, 0.3) is 0 Å². The van der Waals surface area contributed by atoms with Crippen molar-refractivity contribution >= 4 is 23.5 Å². The van der Waals surface area contributed by atoms with Crippen LogP contribution in [0.5, 0.6) is 0 Å². The number of nitrogen functional groups attached to an aromatic ring is 2. The normalized spacial score (nSPS) is 15.2. The van der Waals surface area contributed by atoms with E-state index in [9.17, 15) is 0 Å². The first kappa shape index (κ1) is 17.1. The fourth-order valence-corrected chi connectivity index (χ4v) is 2.80. The summed E-state index contributed by atoms with van der Waals surface area (Å²) in [4.78, 5) is 0. The van der Waals surface area contributed by atoms with Crippen LogP contribution >= 0.6 is 0 Å². The van der Waals surface area contributed by atoms with Crippen molar-refractivity contribution in [2.75, 3.05) is 11.5 Å². The second-order valence-electron chi connectivity index (χ2n) is 6.38. The van der Waals surface area contributed by atoms with E-state index in [0.29, 0.717) is 11.4 Å². The van der Waals surface area contributed by atoms with Gasteiger partial charge in [-0.05, 0) is 29.2 Å². The van der Waals surface area contributed by atoms with Crippen LogP contribution in [0.4, 0.5) is 11.4 Å². The molecular formula is C21H28N2. The molecule has 1 aliphatic rings. The molecule has 0 aliphatic heterocycles. The molecule has 1 saturated carbocycles. The Morgan fingerprint density at radius 2 is 1.57 bits per heavy atom. The third kappa shape index (κ3) is 6.19. The van der Waals surface area contributed by atoms with Crippen molar-refractivity contribution in [3.63, 3.8) is 0 Å². The summed E-state index contributed by atoms with van der Waals surface area (Å²) < 4.78 is 0. The number of anilines is 2. The molecule has 2 nitrogen and oxygen atoms in total. The maximum Gasteiger partial charge on any atom is 0.0408 e. The van der Waals surface area contributed by atoms with Gasteiger partial charge in [-0.15, -0.1) is 0 Å². The zero-order valence-corrected chi connectivity index (χ0v) is 14.0. The number of benzene rings is 2. The van der Waals surface area contributed by atoms with Gasteiger partial charge < -0.3 is 11.5 Å². The lowest BCUT2D eigenvalue weighted by Gasteiger charge is -2.15. The van der Waals surface area contributed by atoms with E-state index >= 15 is 0 Å². The second kappa shape index (κ2) is 9.04. The molecule has 0 atom stereocenters. The van der Waals surface area contributed by atoms with E-state index in [0.717, 1.165) is 17.0 Å². The van der Waals surface area contributed by atoms with Crippen molar-refractivity contribution in [1.82, 2.24) is 0 Å². The predicted molar refractivity (Wildman–Crippen MR) is 103 cm³/mol. The largest absolute Gasteiger partial charge is 0.399 e. The Morgan fingerprint density at radius 3 is 2.13 bits per heavy atom. The highest BCUT2D eigenvalue weighted by molar-refractivity contribution is 5.77. The monoisotopic (exact) mass is 308 g/mol. The van der Waals surface area contributed by atoms with Crippen LogP contribution < -0.4 is 11.5 Å². The molecule has 2 aromatic rings. The lowest BCUT2D eigenvalue weighted by atomic mass is 9.91. The molecule has 23 heavy (non-hydrogen) atoms. The van der Waals surface area contributed by atoms with Gasteiger partial charge in [0.05, 0.1) is 0 Å². The topological polar surface area (TPSA) is 52.0 Å². The number of hydrogen-bond donors (Lipinski definition) is 2. The molecule has 0 unspecified atom stereocenters. The second-order valence-corrected chi connectivity index (χ2v) is 6.38. The molecule has 0 amide bonds. The Labute approximate surface area is 140 Å². The molecule has 3 rings (SSSR count). The third-order valence-electron chi connectivity index (χ3n) is 4.26. The summed E-state index contributed by atoms with van der Waals surface area (Å²) in [6.45, 7) is 2.36. The molecule has 4 N–H and O–H groups in total. The van der Waals surface area contributed by atoms with Crippen LogP contribution in [-0.2, 0) is 0 Å². The lowest BCUT2D eigenvalue weighted by molar-refractivity contribution is 0.385. The first-order chi connectivity index (χ1) is 11.1. The van der Waals surface area contributed by atoms with Crippen molar-refractivity contribution in [1.29, 1.82) is 0 Å². The third-order valence-corrected chi connectivity index (χ3v) is 4.26. The maximum absolute atomic E-state index is 5.85. The molecule has 0 aromatic heterocycles. The van der Waals surface area contributed by atoms with Crippen LogP contribution in [0.15, 0.2) is 48.5 Å². The molecule has 2 aromatic carbocycles. The van der Waals surface area contributed by atoms with E-state index in [1.165, 1.54) is 32.1 Å². The predicted octanol–water partition coefficient (Wildman–Crippen LogP) is 5.61. The van der Waals surface area contributed by atoms with Crippen LogP contribution in [0.2, 0.25) is 0 Å². The molecular weight excluding hydrogens is 280 g/mol. The molecule has 2 heteroatoms. The van der Waals surface area contributed by atoms with Crippen LogP contribution in [0, 0.1) is 5.92 Å². The zero-order chi connectivity index (χ0) is 16.5. The van der Waals surface area contributed by atoms with Gasteiger partial charge in [-0.3, -0.25) is 0 Å². The lowest BCUT2D eigenvalue weighted by Crippen LogP contribution is -1.99. The minimum atomic E-state index is 0.689. The number of hydrogen-bond acceptors (Lipinski definition) is 2. The van der Waals surface area contributed by atoms with Crippen molar-refractivity contribution in [2.24, 2.45) is 5.92 Å². The molecule has 0 saturated heterocycles. The van der Waals surface area contributed by atoms with Gasteiger partial charge in [-0.2, -0.15) is 0 Å². The Balaban J connectivity index is 0.000000229. The summed E-state index contributed by atoms with van der Waals surface area (Å²) in [7, 11) is 0. The highest BCUT2D eigenvalue weighted by Crippen LogP contribution is 2.22. The van der Waals surface area contributed by atoms with Gasteiger partial charge in [0.2, 0.25) is 0 Å². The smallest absolute Gasteiger partial charge is 0.0408 e. The van der Waals surface area contributed by atoms with Crippen LogP contribution in [-0.4, -0.2) is 0 Å². The van der Waals surface area contributed by atoms with E-state index < -0.39 is 0 Å². The van der Waals surface area contributed by atoms with Gasteiger partial charge >= 0.3 is 0 Å². The van der Waals surface area contributed by atoms with Gasteiger partial charge in [0.1, 0.15) is 0 Å². The zero-order valence-electron chi connectivity index (χ0n) is 14.0. The van der Waals surface area contributed by atoms with E-state index in [4.69, 9.17) is 11.5 Å². The minimum Gasteiger partial charge on any atom is -0.399 e. The molecule has 0 heterocycles. The molecule has 0 radical (unpaired) electrons. The summed E-state index contributed by atoms with van der Waals surface area (Å²) >= 11 is 0. The minimum absolute atomic E-state index is 0.689. The summed E-state index contributed by atoms with van der Waals surface area (Å²) in [6.07, 6.45) is 11.5. The molecule has 122 valence electrons. The Morgan fingerprint density at radius 1 is 0.870 bits per heavy atom. The Hall–Kier alpha value is -2.22. The van der Waals surface area contributed by atoms with Crippen molar-refractivity contribution in [3.8, 4) is 0 Å². The number of rotatable bonds is 2. The molecule has 1 aliphatic carbocycles. The average molecular weight is 308 g/mol. The summed E-state index contributed by atoms with van der Waals surface area (Å²) in [5.74, 6) is 1.04. The Kier molecular flexibility index (Phi) is 6.74. The van der Waals surface area contributed by atoms with E-state index in [2.05, 4.69) is 6.92 Å². The van der Waals surface area contributed by atoms with E-state index in [1.807, 2.05) is 54.6 Å². The van der Waals surface area contributed by atoms with Gasteiger partial charge in [0, 0.05) is 11.4 Å². The fourth-order valence-electron chi connectivity index (χ4n) is 2.80. The van der Waals surface area contributed by atoms with Crippen LogP contribution in [0.3, 0.4) is 0 Å². The first-order valence-corrected chi connectivity index (χ1v) is 8.53. The average Bonchev–Trinajstić information content (AvgIpc) is 2.56. The maximum atomic E-state index is 5.85. The molecule has 1 fully saturated rings. The molecule has 0 spiro atoms. The van der Waals surface area contributed by atoms with E-state index in [-0.39, 0.29) is 0 Å².